The third-order valence-electron chi connectivity index (χ3n) is 2.54. The van der Waals surface area contributed by atoms with Gasteiger partial charge in [-0.1, -0.05) is 37.3 Å². The monoisotopic (exact) mass is 226 g/mol. The zero-order valence-corrected chi connectivity index (χ0v) is 10.6. The molecule has 0 heterocycles. The van der Waals surface area contributed by atoms with Gasteiger partial charge >= 0.3 is 0 Å². The quantitative estimate of drug-likeness (QED) is 0.577. The highest BCUT2D eigenvalue weighted by Gasteiger charge is 2.06. The second-order valence-corrected chi connectivity index (χ2v) is 3.94. The predicted octanol–water partition coefficient (Wildman–Crippen LogP) is 3.74. The molecule has 0 fully saturated rings. The van der Waals surface area contributed by atoms with E-state index in [9.17, 15) is 5.26 Å². The molecule has 0 spiro atoms. The highest BCUT2D eigenvalue weighted by Crippen LogP contribution is 2.17. The minimum atomic E-state index is 0.265. The SMILES string of the molecule is C/C=C\C(C)/C=C(\C#N)N(C)c1ccccc1. The normalized spacial score (nSPS) is 13.4. The number of nitriles is 1. The van der Waals surface area contributed by atoms with E-state index in [1.54, 1.807) is 0 Å². The van der Waals surface area contributed by atoms with E-state index in [0.29, 0.717) is 5.70 Å². The van der Waals surface area contributed by atoms with Crippen LogP contribution < -0.4 is 4.90 Å². The number of nitrogens with zero attached hydrogens (tertiary/aromatic N) is 2. The fraction of sp³-hybridized carbons (Fsp3) is 0.267. The van der Waals surface area contributed by atoms with Crippen molar-refractivity contribution >= 4 is 5.69 Å². The summed E-state index contributed by atoms with van der Waals surface area (Å²) in [5.41, 5.74) is 1.69. The first kappa shape index (κ1) is 13.1. The van der Waals surface area contributed by atoms with Crippen molar-refractivity contribution < 1.29 is 0 Å². The summed E-state index contributed by atoms with van der Waals surface area (Å²) < 4.78 is 0. The lowest BCUT2D eigenvalue weighted by Crippen LogP contribution is -2.15. The molecule has 1 unspecified atom stereocenters. The van der Waals surface area contributed by atoms with E-state index in [1.165, 1.54) is 0 Å². The fourth-order valence-electron chi connectivity index (χ4n) is 1.62. The van der Waals surface area contributed by atoms with Crippen LogP contribution >= 0.6 is 0 Å². The van der Waals surface area contributed by atoms with Gasteiger partial charge in [-0.05, 0) is 31.1 Å². The van der Waals surface area contributed by atoms with Gasteiger partial charge in [-0.25, -0.2) is 0 Å². The summed E-state index contributed by atoms with van der Waals surface area (Å²) in [5.74, 6) is 0.265. The van der Waals surface area contributed by atoms with E-state index in [2.05, 4.69) is 19.1 Å². The molecule has 0 N–H and O–H groups in total. The lowest BCUT2D eigenvalue weighted by molar-refractivity contribution is 0.916. The van der Waals surface area contributed by atoms with Crippen molar-refractivity contribution in [2.75, 3.05) is 11.9 Å². The lowest BCUT2D eigenvalue weighted by Gasteiger charge is -2.18. The summed E-state index contributed by atoms with van der Waals surface area (Å²) in [4.78, 5) is 1.90. The molecule has 1 atom stereocenters. The summed E-state index contributed by atoms with van der Waals surface area (Å²) in [5, 5.41) is 9.19. The maximum Gasteiger partial charge on any atom is 0.117 e. The lowest BCUT2D eigenvalue weighted by atomic mass is 10.1. The van der Waals surface area contributed by atoms with E-state index in [-0.39, 0.29) is 5.92 Å². The zero-order valence-electron chi connectivity index (χ0n) is 10.6. The van der Waals surface area contributed by atoms with E-state index in [1.807, 2.05) is 61.4 Å². The molecule has 88 valence electrons. The number of hydrogen-bond donors (Lipinski definition) is 0. The average Bonchev–Trinajstić information content (AvgIpc) is 2.36. The number of allylic oxidation sites excluding steroid dienone is 4. The summed E-state index contributed by atoms with van der Waals surface area (Å²) in [6, 6.07) is 12.1. The molecular formula is C15H18N2. The molecule has 0 amide bonds. The Bertz CT molecular complexity index is 438. The van der Waals surface area contributed by atoms with Gasteiger partial charge in [0, 0.05) is 12.7 Å². The van der Waals surface area contributed by atoms with Crippen molar-refractivity contribution in [1.82, 2.24) is 0 Å². The van der Waals surface area contributed by atoms with Gasteiger partial charge < -0.3 is 4.90 Å². The van der Waals surface area contributed by atoms with E-state index in [4.69, 9.17) is 0 Å². The largest absolute Gasteiger partial charge is 0.336 e. The molecular weight excluding hydrogens is 208 g/mol. The van der Waals surface area contributed by atoms with Crippen LogP contribution in [-0.2, 0) is 0 Å². The smallest absolute Gasteiger partial charge is 0.117 e. The molecule has 0 aromatic heterocycles. The molecule has 0 saturated carbocycles. The Kier molecular flexibility index (Phi) is 5.03. The van der Waals surface area contributed by atoms with Gasteiger partial charge in [0.05, 0.1) is 0 Å². The van der Waals surface area contributed by atoms with Crippen LogP contribution in [0, 0.1) is 17.2 Å². The van der Waals surface area contributed by atoms with Crippen LogP contribution in [0.15, 0.2) is 54.3 Å². The molecule has 1 aromatic rings. The van der Waals surface area contributed by atoms with Gasteiger partial charge in [-0.15, -0.1) is 0 Å². The minimum Gasteiger partial charge on any atom is -0.336 e. The summed E-state index contributed by atoms with van der Waals surface area (Å²) in [6.07, 6.45) is 6.03. The van der Waals surface area contributed by atoms with Crippen LogP contribution in [0.4, 0.5) is 5.69 Å². The van der Waals surface area contributed by atoms with Crippen LogP contribution in [0.5, 0.6) is 0 Å². The summed E-state index contributed by atoms with van der Waals surface area (Å²) >= 11 is 0. The van der Waals surface area contributed by atoms with Crippen molar-refractivity contribution in [2.24, 2.45) is 5.92 Å². The topological polar surface area (TPSA) is 27.0 Å². The second-order valence-electron chi connectivity index (χ2n) is 3.94. The minimum absolute atomic E-state index is 0.265. The molecule has 0 aliphatic heterocycles. The molecule has 0 saturated heterocycles. The molecule has 2 heteroatoms. The molecule has 0 aliphatic carbocycles. The molecule has 1 aromatic carbocycles. The van der Waals surface area contributed by atoms with Crippen LogP contribution in [-0.4, -0.2) is 7.05 Å². The van der Waals surface area contributed by atoms with Gasteiger partial charge in [0.2, 0.25) is 0 Å². The van der Waals surface area contributed by atoms with Crippen molar-refractivity contribution in [2.45, 2.75) is 13.8 Å². The zero-order chi connectivity index (χ0) is 12.7. The highest BCUT2D eigenvalue weighted by atomic mass is 15.1. The van der Waals surface area contributed by atoms with Gasteiger partial charge in [-0.2, -0.15) is 5.26 Å². The van der Waals surface area contributed by atoms with Crippen LogP contribution in [0.1, 0.15) is 13.8 Å². The number of benzene rings is 1. The first-order valence-electron chi connectivity index (χ1n) is 5.72. The maximum absolute atomic E-state index is 9.19. The third kappa shape index (κ3) is 3.81. The van der Waals surface area contributed by atoms with Gasteiger partial charge in [-0.3, -0.25) is 0 Å². The van der Waals surface area contributed by atoms with Crippen LogP contribution in [0.2, 0.25) is 0 Å². The number of anilines is 1. The van der Waals surface area contributed by atoms with Crippen molar-refractivity contribution in [3.8, 4) is 6.07 Å². The number of hydrogen-bond acceptors (Lipinski definition) is 2. The van der Waals surface area contributed by atoms with Crippen LogP contribution in [0.3, 0.4) is 0 Å². The Hall–Kier alpha value is -2.01. The Labute approximate surface area is 103 Å². The van der Waals surface area contributed by atoms with E-state index >= 15 is 0 Å². The Balaban J connectivity index is 2.93. The van der Waals surface area contributed by atoms with Gasteiger partial charge in [0.1, 0.15) is 11.8 Å². The molecule has 1 rings (SSSR count). The van der Waals surface area contributed by atoms with Crippen molar-refractivity contribution in [3.63, 3.8) is 0 Å². The second kappa shape index (κ2) is 6.55. The first-order valence-corrected chi connectivity index (χ1v) is 5.72. The average molecular weight is 226 g/mol. The molecule has 0 radical (unpaired) electrons. The predicted molar refractivity (Wildman–Crippen MR) is 72.5 cm³/mol. The van der Waals surface area contributed by atoms with Crippen LogP contribution in [0.25, 0.3) is 0 Å². The molecule has 0 aliphatic rings. The summed E-state index contributed by atoms with van der Waals surface area (Å²) in [6.45, 7) is 4.05. The Morgan fingerprint density at radius 2 is 2.00 bits per heavy atom. The maximum atomic E-state index is 9.19. The van der Waals surface area contributed by atoms with E-state index in [0.717, 1.165) is 5.69 Å². The first-order chi connectivity index (χ1) is 8.19. The Morgan fingerprint density at radius 1 is 1.35 bits per heavy atom. The van der Waals surface area contributed by atoms with E-state index < -0.39 is 0 Å². The molecule has 2 nitrogen and oxygen atoms in total. The highest BCUT2D eigenvalue weighted by molar-refractivity contribution is 5.54. The van der Waals surface area contributed by atoms with Crippen molar-refractivity contribution in [1.29, 1.82) is 5.26 Å². The third-order valence-corrected chi connectivity index (χ3v) is 2.54. The fourth-order valence-corrected chi connectivity index (χ4v) is 1.62. The van der Waals surface area contributed by atoms with Gasteiger partial charge in [0.15, 0.2) is 0 Å². The molecule has 0 bridgehead atoms. The number of para-hydroxylation sites is 1. The standard InChI is InChI=1S/C15H18N2/c1-4-8-13(2)11-15(12-16)17(3)14-9-6-5-7-10-14/h4-11,13H,1-3H3/b8-4-,15-11+. The van der Waals surface area contributed by atoms with Gasteiger partial charge in [0.25, 0.3) is 0 Å². The van der Waals surface area contributed by atoms with Crippen molar-refractivity contribution in [3.05, 3.63) is 54.3 Å². The summed E-state index contributed by atoms with van der Waals surface area (Å²) in [7, 11) is 1.91. The Morgan fingerprint density at radius 3 is 2.53 bits per heavy atom. The molecule has 17 heavy (non-hydrogen) atoms. The number of rotatable bonds is 4.